The Balaban J connectivity index is 1.93. The molecule has 0 spiro atoms. The molecule has 0 atom stereocenters. The van der Waals surface area contributed by atoms with Crippen molar-refractivity contribution in [1.82, 2.24) is 25.9 Å². The zero-order chi connectivity index (χ0) is 13.7. The number of carboxylic acid groups (broad SMARTS) is 1. The summed E-state index contributed by atoms with van der Waals surface area (Å²) in [4.78, 5) is 22.5. The van der Waals surface area contributed by atoms with Crippen LogP contribution >= 0.6 is 0 Å². The van der Waals surface area contributed by atoms with E-state index < -0.39 is 11.9 Å². The van der Waals surface area contributed by atoms with Crippen molar-refractivity contribution in [3.63, 3.8) is 0 Å². The van der Waals surface area contributed by atoms with Gasteiger partial charge in [-0.3, -0.25) is 4.79 Å². The lowest BCUT2D eigenvalue weighted by atomic mass is 10.0. The van der Waals surface area contributed by atoms with Crippen LogP contribution < -0.4 is 5.32 Å². The first-order valence-corrected chi connectivity index (χ1v) is 5.51. The lowest BCUT2D eigenvalue weighted by molar-refractivity contribution is 0.0695. The second kappa shape index (κ2) is 5.71. The third kappa shape index (κ3) is 3.12. The molecular weight excluding hydrogens is 250 g/mol. The molecule has 0 aliphatic heterocycles. The SMILES string of the molecule is O=C(NCCc1ccccc1C(=O)O)c1nn[nH]n1. The minimum Gasteiger partial charge on any atom is -0.478 e. The Hall–Kier alpha value is -2.77. The Kier molecular flexibility index (Phi) is 3.81. The quantitative estimate of drug-likeness (QED) is 0.689. The first-order chi connectivity index (χ1) is 9.18. The van der Waals surface area contributed by atoms with E-state index in [2.05, 4.69) is 25.9 Å². The molecule has 0 aliphatic rings. The van der Waals surface area contributed by atoms with Gasteiger partial charge < -0.3 is 10.4 Å². The van der Waals surface area contributed by atoms with Gasteiger partial charge in [0.15, 0.2) is 0 Å². The highest BCUT2D eigenvalue weighted by Gasteiger charge is 2.11. The van der Waals surface area contributed by atoms with E-state index in [0.29, 0.717) is 12.0 Å². The molecule has 98 valence electrons. The van der Waals surface area contributed by atoms with Gasteiger partial charge in [0.2, 0.25) is 0 Å². The number of amides is 1. The normalized spacial score (nSPS) is 10.1. The van der Waals surface area contributed by atoms with Crippen molar-refractivity contribution in [2.24, 2.45) is 0 Å². The van der Waals surface area contributed by atoms with Crippen LogP contribution in [0.25, 0.3) is 0 Å². The fourth-order valence-corrected chi connectivity index (χ4v) is 1.59. The van der Waals surface area contributed by atoms with Crippen LogP contribution in [-0.4, -0.2) is 44.2 Å². The van der Waals surface area contributed by atoms with E-state index in [1.165, 1.54) is 6.07 Å². The monoisotopic (exact) mass is 261 g/mol. The summed E-state index contributed by atoms with van der Waals surface area (Å²) in [6.07, 6.45) is 0.409. The van der Waals surface area contributed by atoms with E-state index in [1.54, 1.807) is 18.2 Å². The van der Waals surface area contributed by atoms with Gasteiger partial charge in [0.1, 0.15) is 0 Å². The standard InChI is InChI=1S/C11H11N5O3/c17-10(9-13-15-16-14-9)12-6-5-7-3-1-2-4-8(7)11(18)19/h1-4H,5-6H2,(H,12,17)(H,18,19)(H,13,14,15,16). The number of aromatic amines is 1. The number of benzene rings is 1. The number of aromatic carboxylic acids is 1. The molecule has 0 saturated carbocycles. The molecule has 8 heteroatoms. The number of nitrogens with zero attached hydrogens (tertiary/aromatic N) is 3. The molecule has 1 aromatic carbocycles. The minimum absolute atomic E-state index is 0.0495. The van der Waals surface area contributed by atoms with Crippen molar-refractivity contribution in [1.29, 1.82) is 0 Å². The van der Waals surface area contributed by atoms with Crippen molar-refractivity contribution >= 4 is 11.9 Å². The Morgan fingerprint density at radius 1 is 1.32 bits per heavy atom. The van der Waals surface area contributed by atoms with E-state index in [9.17, 15) is 9.59 Å². The van der Waals surface area contributed by atoms with Gasteiger partial charge in [-0.1, -0.05) is 18.2 Å². The highest BCUT2D eigenvalue weighted by atomic mass is 16.4. The number of tetrazole rings is 1. The summed E-state index contributed by atoms with van der Waals surface area (Å²) in [5.41, 5.74) is 0.889. The van der Waals surface area contributed by atoms with Crippen LogP contribution in [0, 0.1) is 0 Å². The average Bonchev–Trinajstić information content (AvgIpc) is 2.93. The Labute approximate surface area is 107 Å². The van der Waals surface area contributed by atoms with Gasteiger partial charge in [-0.2, -0.15) is 5.21 Å². The maximum Gasteiger partial charge on any atom is 0.335 e. The number of aromatic nitrogens is 4. The van der Waals surface area contributed by atoms with Crippen LogP contribution in [0.3, 0.4) is 0 Å². The predicted molar refractivity (Wildman–Crippen MR) is 63.6 cm³/mol. The molecule has 19 heavy (non-hydrogen) atoms. The Morgan fingerprint density at radius 2 is 2.11 bits per heavy atom. The fourth-order valence-electron chi connectivity index (χ4n) is 1.59. The van der Waals surface area contributed by atoms with Crippen LogP contribution in [0.1, 0.15) is 26.5 Å². The molecule has 0 aliphatic carbocycles. The number of hydrogen-bond acceptors (Lipinski definition) is 5. The van der Waals surface area contributed by atoms with Gasteiger partial charge >= 0.3 is 5.97 Å². The molecule has 1 amide bonds. The first-order valence-electron chi connectivity index (χ1n) is 5.51. The number of H-pyrrole nitrogens is 1. The molecule has 8 nitrogen and oxygen atoms in total. The summed E-state index contributed by atoms with van der Waals surface area (Å²) in [5.74, 6) is -1.49. The smallest absolute Gasteiger partial charge is 0.335 e. The van der Waals surface area contributed by atoms with Crippen molar-refractivity contribution in [2.75, 3.05) is 6.54 Å². The molecule has 1 aromatic heterocycles. The molecule has 1 heterocycles. The maximum atomic E-state index is 11.5. The number of carboxylic acids is 1. The van der Waals surface area contributed by atoms with E-state index in [4.69, 9.17) is 5.11 Å². The van der Waals surface area contributed by atoms with Crippen molar-refractivity contribution in [3.8, 4) is 0 Å². The third-order valence-electron chi connectivity index (χ3n) is 2.48. The van der Waals surface area contributed by atoms with Gasteiger partial charge in [-0.25, -0.2) is 4.79 Å². The van der Waals surface area contributed by atoms with Crippen LogP contribution in [0.2, 0.25) is 0 Å². The highest BCUT2D eigenvalue weighted by Crippen LogP contribution is 2.08. The Bertz CT molecular complexity index is 582. The summed E-state index contributed by atoms with van der Waals surface area (Å²) in [6, 6.07) is 6.65. The largest absolute Gasteiger partial charge is 0.478 e. The summed E-state index contributed by atoms with van der Waals surface area (Å²) in [6.45, 7) is 0.289. The fraction of sp³-hybridized carbons (Fsp3) is 0.182. The van der Waals surface area contributed by atoms with E-state index in [0.717, 1.165) is 0 Å². The molecule has 0 radical (unpaired) electrons. The number of carbonyl (C=O) groups is 2. The maximum absolute atomic E-state index is 11.5. The second-order valence-electron chi connectivity index (χ2n) is 3.70. The molecule has 0 unspecified atom stereocenters. The van der Waals surface area contributed by atoms with E-state index in [1.807, 2.05) is 0 Å². The predicted octanol–water partition coefficient (Wildman–Crippen LogP) is -0.130. The molecule has 0 fully saturated rings. The van der Waals surface area contributed by atoms with E-state index in [-0.39, 0.29) is 17.9 Å². The van der Waals surface area contributed by atoms with Gasteiger partial charge in [0.05, 0.1) is 5.56 Å². The van der Waals surface area contributed by atoms with Gasteiger partial charge in [0.25, 0.3) is 11.7 Å². The summed E-state index contributed by atoms with van der Waals surface area (Å²) < 4.78 is 0. The topological polar surface area (TPSA) is 121 Å². The summed E-state index contributed by atoms with van der Waals surface area (Å²) in [7, 11) is 0. The van der Waals surface area contributed by atoms with Crippen LogP contribution in [0.5, 0.6) is 0 Å². The third-order valence-corrected chi connectivity index (χ3v) is 2.48. The number of rotatable bonds is 5. The van der Waals surface area contributed by atoms with Gasteiger partial charge in [0, 0.05) is 6.54 Å². The lowest BCUT2D eigenvalue weighted by Gasteiger charge is -2.06. The van der Waals surface area contributed by atoms with Crippen molar-refractivity contribution in [2.45, 2.75) is 6.42 Å². The van der Waals surface area contributed by atoms with Crippen molar-refractivity contribution in [3.05, 3.63) is 41.2 Å². The molecule has 0 bridgehead atoms. The molecule has 0 saturated heterocycles. The Morgan fingerprint density at radius 3 is 2.79 bits per heavy atom. The second-order valence-corrected chi connectivity index (χ2v) is 3.70. The van der Waals surface area contributed by atoms with Crippen LogP contribution in [0.15, 0.2) is 24.3 Å². The highest BCUT2D eigenvalue weighted by molar-refractivity contribution is 5.90. The zero-order valence-corrected chi connectivity index (χ0v) is 9.83. The van der Waals surface area contributed by atoms with Crippen molar-refractivity contribution < 1.29 is 14.7 Å². The average molecular weight is 261 g/mol. The van der Waals surface area contributed by atoms with Gasteiger partial charge in [-0.15, -0.1) is 10.2 Å². The van der Waals surface area contributed by atoms with Crippen LogP contribution in [0.4, 0.5) is 0 Å². The summed E-state index contributed by atoms with van der Waals surface area (Å²) in [5, 5.41) is 24.1. The zero-order valence-electron chi connectivity index (χ0n) is 9.83. The van der Waals surface area contributed by atoms with E-state index >= 15 is 0 Å². The molecule has 3 N–H and O–H groups in total. The van der Waals surface area contributed by atoms with Crippen LogP contribution in [-0.2, 0) is 6.42 Å². The number of carbonyl (C=O) groups excluding carboxylic acids is 1. The van der Waals surface area contributed by atoms with Gasteiger partial charge in [-0.05, 0) is 23.3 Å². The molecule has 2 aromatic rings. The first kappa shape index (κ1) is 12.7. The summed E-state index contributed by atoms with van der Waals surface area (Å²) >= 11 is 0. The minimum atomic E-state index is -0.986. The molecular formula is C11H11N5O3. The molecule has 2 rings (SSSR count). The number of nitrogens with one attached hydrogen (secondary N) is 2. The lowest BCUT2D eigenvalue weighted by Crippen LogP contribution is -2.27. The number of hydrogen-bond donors (Lipinski definition) is 3.